The number of para-hydroxylation sites is 3. The van der Waals surface area contributed by atoms with Crippen molar-refractivity contribution in [3.8, 4) is 5.69 Å². The number of rotatable bonds is 6. The number of likely N-dealkylation sites (tertiary alicyclic amines) is 1. The van der Waals surface area contributed by atoms with Crippen LogP contribution in [0.3, 0.4) is 0 Å². The number of imidazole rings is 1. The van der Waals surface area contributed by atoms with Crippen molar-refractivity contribution in [2.75, 3.05) is 26.7 Å². The van der Waals surface area contributed by atoms with Crippen molar-refractivity contribution in [2.24, 2.45) is 5.92 Å². The lowest BCUT2D eigenvalue weighted by Crippen LogP contribution is -2.40. The van der Waals surface area contributed by atoms with Crippen LogP contribution in [0.4, 0.5) is 0 Å². The molecule has 0 bridgehead atoms. The molecule has 29 heavy (non-hydrogen) atoms. The molecule has 154 valence electrons. The van der Waals surface area contributed by atoms with Gasteiger partial charge in [0.25, 0.3) is 0 Å². The van der Waals surface area contributed by atoms with E-state index in [4.69, 9.17) is 4.98 Å². The Balaban J connectivity index is 0.00000240. The highest BCUT2D eigenvalue weighted by molar-refractivity contribution is 5.85. The first-order valence-corrected chi connectivity index (χ1v) is 10.2. The molecule has 1 aliphatic rings. The third-order valence-electron chi connectivity index (χ3n) is 5.67. The highest BCUT2D eigenvalue weighted by Gasteiger charge is 2.23. The monoisotopic (exact) mass is 412 g/mol. The fourth-order valence-corrected chi connectivity index (χ4v) is 4.16. The van der Waals surface area contributed by atoms with Gasteiger partial charge in [0.2, 0.25) is 5.91 Å². The summed E-state index contributed by atoms with van der Waals surface area (Å²) < 4.78 is 2.18. The Bertz CT molecular complexity index is 932. The quantitative estimate of drug-likeness (QED) is 0.669. The zero-order chi connectivity index (χ0) is 19.3. The van der Waals surface area contributed by atoms with E-state index in [1.165, 1.54) is 0 Å². The lowest BCUT2D eigenvalue weighted by Gasteiger charge is -2.32. The van der Waals surface area contributed by atoms with Gasteiger partial charge < -0.3 is 10.2 Å². The molecule has 1 saturated heterocycles. The predicted octanol–water partition coefficient (Wildman–Crippen LogP) is 3.84. The molecule has 3 aromatic rings. The maximum absolute atomic E-state index is 12.8. The van der Waals surface area contributed by atoms with Gasteiger partial charge in [0.1, 0.15) is 5.82 Å². The third kappa shape index (κ3) is 4.80. The maximum Gasteiger partial charge on any atom is 0.223 e. The minimum absolute atomic E-state index is 0. The molecule has 6 heteroatoms. The van der Waals surface area contributed by atoms with E-state index in [0.717, 1.165) is 55.0 Å². The molecule has 2 heterocycles. The van der Waals surface area contributed by atoms with Crippen LogP contribution < -0.4 is 5.32 Å². The first-order valence-electron chi connectivity index (χ1n) is 10.2. The second kappa shape index (κ2) is 9.90. The number of carbonyl (C=O) groups excluding carboxylic acids is 1. The van der Waals surface area contributed by atoms with Gasteiger partial charge in [0.15, 0.2) is 0 Å². The maximum atomic E-state index is 12.8. The number of halogens is 1. The average molecular weight is 413 g/mol. The van der Waals surface area contributed by atoms with Gasteiger partial charge in [-0.3, -0.25) is 9.36 Å². The van der Waals surface area contributed by atoms with Crippen LogP contribution in [0.2, 0.25) is 0 Å². The summed E-state index contributed by atoms with van der Waals surface area (Å²) in [5.74, 6) is 1.89. The Labute approximate surface area is 178 Å². The van der Waals surface area contributed by atoms with Crippen LogP contribution in [0.25, 0.3) is 16.7 Å². The van der Waals surface area contributed by atoms with E-state index in [1.807, 2.05) is 48.3 Å². The van der Waals surface area contributed by atoms with Gasteiger partial charge in [-0.05, 0) is 56.6 Å². The largest absolute Gasteiger partial charge is 0.343 e. The van der Waals surface area contributed by atoms with Crippen molar-refractivity contribution in [3.63, 3.8) is 0 Å². The number of aromatic nitrogens is 2. The second-order valence-corrected chi connectivity index (χ2v) is 7.57. The number of benzene rings is 2. The lowest BCUT2D eigenvalue weighted by molar-refractivity contribution is -0.132. The molecule has 0 atom stereocenters. The summed E-state index contributed by atoms with van der Waals surface area (Å²) >= 11 is 0. The standard InChI is InChI=1S/C23H28N4O.ClH/c1-24-17-18-13-15-26(16-14-18)23(28)12-11-22-25-20-9-5-6-10-21(20)27(22)19-7-3-2-4-8-19;/h2-10,18,24H,11-17H2,1H3;1H. The Morgan fingerprint density at radius 1 is 1.07 bits per heavy atom. The molecule has 4 rings (SSSR count). The van der Waals surface area contributed by atoms with Gasteiger partial charge in [-0.25, -0.2) is 4.98 Å². The summed E-state index contributed by atoms with van der Waals surface area (Å²) in [7, 11) is 2.00. The lowest BCUT2D eigenvalue weighted by atomic mass is 9.96. The van der Waals surface area contributed by atoms with Crippen LogP contribution in [0, 0.1) is 5.92 Å². The molecular formula is C23H29ClN4O. The number of amides is 1. The Morgan fingerprint density at radius 2 is 1.76 bits per heavy atom. The van der Waals surface area contributed by atoms with E-state index in [1.54, 1.807) is 0 Å². The molecule has 0 unspecified atom stereocenters. The second-order valence-electron chi connectivity index (χ2n) is 7.57. The Hall–Kier alpha value is -2.37. The molecular weight excluding hydrogens is 384 g/mol. The molecule has 1 fully saturated rings. The molecule has 1 N–H and O–H groups in total. The Morgan fingerprint density at radius 3 is 2.48 bits per heavy atom. The zero-order valence-corrected chi connectivity index (χ0v) is 17.7. The topological polar surface area (TPSA) is 50.2 Å². The number of aryl methyl sites for hydroxylation is 1. The predicted molar refractivity (Wildman–Crippen MR) is 120 cm³/mol. The highest BCUT2D eigenvalue weighted by Crippen LogP contribution is 2.23. The van der Waals surface area contributed by atoms with Crippen molar-refractivity contribution in [2.45, 2.75) is 25.7 Å². The molecule has 1 aliphatic heterocycles. The Kier molecular flexibility index (Phi) is 7.29. The average Bonchev–Trinajstić information content (AvgIpc) is 3.12. The van der Waals surface area contributed by atoms with Crippen LogP contribution in [0.15, 0.2) is 54.6 Å². The summed E-state index contributed by atoms with van der Waals surface area (Å²) in [4.78, 5) is 19.6. The molecule has 1 amide bonds. The number of fused-ring (bicyclic) bond motifs is 1. The van der Waals surface area contributed by atoms with E-state index in [0.29, 0.717) is 18.8 Å². The summed E-state index contributed by atoms with van der Waals surface area (Å²) in [6.07, 6.45) is 3.34. The fraction of sp³-hybridized carbons (Fsp3) is 0.391. The molecule has 2 aromatic carbocycles. The van der Waals surface area contributed by atoms with Crippen LogP contribution in [-0.4, -0.2) is 47.0 Å². The van der Waals surface area contributed by atoms with Crippen molar-refractivity contribution < 1.29 is 4.79 Å². The molecule has 5 nitrogen and oxygen atoms in total. The van der Waals surface area contributed by atoms with Gasteiger partial charge >= 0.3 is 0 Å². The highest BCUT2D eigenvalue weighted by atomic mass is 35.5. The summed E-state index contributed by atoms with van der Waals surface area (Å²) in [6, 6.07) is 18.4. The summed E-state index contributed by atoms with van der Waals surface area (Å²) in [5, 5.41) is 3.25. The van der Waals surface area contributed by atoms with Crippen LogP contribution in [0.5, 0.6) is 0 Å². The molecule has 0 aliphatic carbocycles. The van der Waals surface area contributed by atoms with Gasteiger partial charge in [-0.2, -0.15) is 0 Å². The van der Waals surface area contributed by atoms with Crippen molar-refractivity contribution >= 4 is 29.3 Å². The number of carbonyl (C=O) groups is 1. The van der Waals surface area contributed by atoms with Crippen molar-refractivity contribution in [1.82, 2.24) is 19.8 Å². The van der Waals surface area contributed by atoms with Gasteiger partial charge in [-0.15, -0.1) is 12.4 Å². The molecule has 0 spiro atoms. The van der Waals surface area contributed by atoms with E-state index in [2.05, 4.69) is 28.1 Å². The third-order valence-corrected chi connectivity index (χ3v) is 5.67. The normalized spacial score (nSPS) is 14.7. The first kappa shape index (κ1) is 21.3. The van der Waals surface area contributed by atoms with E-state index in [-0.39, 0.29) is 18.3 Å². The smallest absolute Gasteiger partial charge is 0.223 e. The van der Waals surface area contributed by atoms with Crippen molar-refractivity contribution in [3.05, 3.63) is 60.4 Å². The molecule has 0 saturated carbocycles. The minimum Gasteiger partial charge on any atom is -0.343 e. The molecule has 0 radical (unpaired) electrons. The molecule has 1 aromatic heterocycles. The summed E-state index contributed by atoms with van der Waals surface area (Å²) in [5.41, 5.74) is 3.15. The van der Waals surface area contributed by atoms with Crippen LogP contribution in [0.1, 0.15) is 25.1 Å². The minimum atomic E-state index is 0. The number of piperidine rings is 1. The number of hydrogen-bond acceptors (Lipinski definition) is 3. The summed E-state index contributed by atoms with van der Waals surface area (Å²) in [6.45, 7) is 2.80. The van der Waals surface area contributed by atoms with Gasteiger partial charge in [0.05, 0.1) is 11.0 Å². The number of nitrogens with zero attached hydrogens (tertiary/aromatic N) is 3. The first-order chi connectivity index (χ1) is 13.8. The zero-order valence-electron chi connectivity index (χ0n) is 16.9. The number of nitrogens with one attached hydrogen (secondary N) is 1. The van der Waals surface area contributed by atoms with E-state index >= 15 is 0 Å². The van der Waals surface area contributed by atoms with Crippen LogP contribution in [-0.2, 0) is 11.2 Å². The van der Waals surface area contributed by atoms with E-state index in [9.17, 15) is 4.79 Å². The van der Waals surface area contributed by atoms with E-state index < -0.39 is 0 Å². The number of hydrogen-bond donors (Lipinski definition) is 1. The fourth-order valence-electron chi connectivity index (χ4n) is 4.16. The van der Waals surface area contributed by atoms with Crippen LogP contribution >= 0.6 is 12.4 Å². The van der Waals surface area contributed by atoms with Gasteiger partial charge in [0, 0.05) is 31.6 Å². The van der Waals surface area contributed by atoms with Gasteiger partial charge in [-0.1, -0.05) is 30.3 Å². The van der Waals surface area contributed by atoms with Crippen molar-refractivity contribution in [1.29, 1.82) is 0 Å². The SMILES string of the molecule is CNCC1CCN(C(=O)CCc2nc3ccccc3n2-c2ccccc2)CC1.Cl.